The predicted molar refractivity (Wildman–Crippen MR) is 106 cm³/mol. The van der Waals surface area contributed by atoms with Crippen LogP contribution < -0.4 is 5.32 Å². The van der Waals surface area contributed by atoms with Gasteiger partial charge in [0.1, 0.15) is 11.3 Å². The summed E-state index contributed by atoms with van der Waals surface area (Å²) in [6.07, 6.45) is 1.59. The molecule has 0 unspecified atom stereocenters. The quantitative estimate of drug-likeness (QED) is 0.729. The van der Waals surface area contributed by atoms with Crippen molar-refractivity contribution in [1.82, 2.24) is 9.62 Å². The summed E-state index contributed by atoms with van der Waals surface area (Å²) in [5, 5.41) is 4.61. The van der Waals surface area contributed by atoms with E-state index in [4.69, 9.17) is 4.42 Å². The summed E-state index contributed by atoms with van der Waals surface area (Å²) in [6.45, 7) is 3.68. The lowest BCUT2D eigenvalue weighted by Gasteiger charge is -2.31. The molecule has 4 rings (SSSR count). The summed E-state index contributed by atoms with van der Waals surface area (Å²) >= 11 is 0. The van der Waals surface area contributed by atoms with E-state index in [9.17, 15) is 8.42 Å². The number of piperidine rings is 1. The Kier molecular flexibility index (Phi) is 5.04. The van der Waals surface area contributed by atoms with Gasteiger partial charge in [-0.15, -0.1) is 0 Å². The van der Waals surface area contributed by atoms with Crippen molar-refractivity contribution in [2.24, 2.45) is 0 Å². The Morgan fingerprint density at radius 1 is 1.07 bits per heavy atom. The first kappa shape index (κ1) is 18.2. The van der Waals surface area contributed by atoms with Crippen LogP contribution in [0.3, 0.4) is 0 Å². The number of benzene rings is 2. The van der Waals surface area contributed by atoms with Crippen LogP contribution in [0.25, 0.3) is 11.0 Å². The minimum absolute atomic E-state index is 0.294. The smallest absolute Gasteiger partial charge is 0.243 e. The van der Waals surface area contributed by atoms with E-state index < -0.39 is 10.0 Å². The van der Waals surface area contributed by atoms with Gasteiger partial charge in [0.2, 0.25) is 10.0 Å². The Hall–Kier alpha value is -2.15. The van der Waals surface area contributed by atoms with Gasteiger partial charge < -0.3 is 9.73 Å². The van der Waals surface area contributed by atoms with Gasteiger partial charge in [0, 0.05) is 24.5 Å². The molecule has 142 valence electrons. The molecular weight excluding hydrogens is 360 g/mol. The fourth-order valence-corrected chi connectivity index (χ4v) is 5.00. The number of aryl methyl sites for hydroxylation is 1. The number of hydrogen-bond donors (Lipinski definition) is 1. The fraction of sp³-hybridized carbons (Fsp3) is 0.333. The molecule has 1 fully saturated rings. The average molecular weight is 385 g/mol. The lowest BCUT2D eigenvalue weighted by Crippen LogP contribution is -2.44. The third kappa shape index (κ3) is 3.93. The Morgan fingerprint density at radius 3 is 2.48 bits per heavy atom. The molecule has 1 aromatic heterocycles. The SMILES string of the molecule is Cc1ccc(S(=O)(=O)N2CCC(NCc3cc4ccccc4o3)CC2)cc1. The first-order valence-corrected chi connectivity index (χ1v) is 10.7. The standard InChI is InChI=1S/C21H24N2O3S/c1-16-6-8-20(9-7-16)27(24,25)23-12-10-18(11-13-23)22-15-19-14-17-4-2-3-5-21(17)26-19/h2-9,14,18,22H,10-13,15H2,1H3. The van der Waals surface area contributed by atoms with Gasteiger partial charge in [0.15, 0.2) is 0 Å². The molecule has 0 aliphatic carbocycles. The van der Waals surface area contributed by atoms with E-state index in [1.54, 1.807) is 16.4 Å². The molecule has 0 spiro atoms. The molecule has 27 heavy (non-hydrogen) atoms. The number of para-hydroxylation sites is 1. The van der Waals surface area contributed by atoms with Crippen LogP contribution in [0, 0.1) is 6.92 Å². The van der Waals surface area contributed by atoms with Crippen molar-refractivity contribution >= 4 is 21.0 Å². The molecule has 1 aliphatic rings. The Balaban J connectivity index is 1.34. The maximum atomic E-state index is 12.8. The lowest BCUT2D eigenvalue weighted by molar-refractivity contribution is 0.284. The largest absolute Gasteiger partial charge is 0.460 e. The molecule has 0 atom stereocenters. The molecule has 2 aromatic carbocycles. The highest BCUT2D eigenvalue weighted by atomic mass is 32.2. The van der Waals surface area contributed by atoms with Gasteiger partial charge in [-0.25, -0.2) is 8.42 Å². The second-order valence-electron chi connectivity index (χ2n) is 7.12. The Bertz CT molecular complexity index is 984. The van der Waals surface area contributed by atoms with Crippen molar-refractivity contribution in [2.45, 2.75) is 37.2 Å². The first-order chi connectivity index (χ1) is 13.0. The lowest BCUT2D eigenvalue weighted by atomic mass is 10.1. The van der Waals surface area contributed by atoms with Gasteiger partial charge in [-0.3, -0.25) is 0 Å². The van der Waals surface area contributed by atoms with Crippen molar-refractivity contribution in [1.29, 1.82) is 0 Å². The molecule has 1 saturated heterocycles. The number of hydrogen-bond acceptors (Lipinski definition) is 4. The maximum Gasteiger partial charge on any atom is 0.243 e. The minimum Gasteiger partial charge on any atom is -0.460 e. The van der Waals surface area contributed by atoms with Crippen molar-refractivity contribution in [3.8, 4) is 0 Å². The van der Waals surface area contributed by atoms with Crippen molar-refractivity contribution in [2.75, 3.05) is 13.1 Å². The second kappa shape index (κ2) is 7.46. The fourth-order valence-electron chi connectivity index (χ4n) is 3.53. The number of nitrogens with zero attached hydrogens (tertiary/aromatic N) is 1. The van der Waals surface area contributed by atoms with E-state index in [0.29, 0.717) is 30.6 Å². The summed E-state index contributed by atoms with van der Waals surface area (Å²) in [5.41, 5.74) is 1.95. The minimum atomic E-state index is -3.40. The van der Waals surface area contributed by atoms with Crippen LogP contribution in [-0.2, 0) is 16.6 Å². The summed E-state index contributed by atoms with van der Waals surface area (Å²) in [5.74, 6) is 0.908. The van der Waals surface area contributed by atoms with Gasteiger partial charge in [-0.05, 0) is 44.0 Å². The predicted octanol–water partition coefficient (Wildman–Crippen LogP) is 3.68. The number of nitrogens with one attached hydrogen (secondary N) is 1. The number of furan rings is 1. The molecule has 0 amide bonds. The zero-order chi connectivity index (χ0) is 18.9. The van der Waals surface area contributed by atoms with Crippen LogP contribution in [0.15, 0.2) is 63.9 Å². The molecular formula is C21H24N2O3S. The van der Waals surface area contributed by atoms with Gasteiger partial charge in [-0.1, -0.05) is 35.9 Å². The van der Waals surface area contributed by atoms with Crippen LogP contribution in [0.5, 0.6) is 0 Å². The molecule has 0 bridgehead atoms. The average Bonchev–Trinajstić information content (AvgIpc) is 3.10. The van der Waals surface area contributed by atoms with Gasteiger partial charge in [0.25, 0.3) is 0 Å². The summed E-state index contributed by atoms with van der Waals surface area (Å²) < 4.78 is 33.0. The highest BCUT2D eigenvalue weighted by Crippen LogP contribution is 2.22. The maximum absolute atomic E-state index is 12.8. The van der Waals surface area contributed by atoms with Gasteiger partial charge in [0.05, 0.1) is 11.4 Å². The topological polar surface area (TPSA) is 62.6 Å². The van der Waals surface area contributed by atoms with Crippen molar-refractivity contribution < 1.29 is 12.8 Å². The van der Waals surface area contributed by atoms with Crippen LogP contribution in [-0.4, -0.2) is 31.9 Å². The second-order valence-corrected chi connectivity index (χ2v) is 9.06. The third-order valence-electron chi connectivity index (χ3n) is 5.15. The number of fused-ring (bicyclic) bond motifs is 1. The summed E-state index contributed by atoms with van der Waals surface area (Å²) in [7, 11) is -3.40. The van der Waals surface area contributed by atoms with E-state index in [1.807, 2.05) is 43.3 Å². The van der Waals surface area contributed by atoms with Crippen molar-refractivity contribution in [3.63, 3.8) is 0 Å². The zero-order valence-electron chi connectivity index (χ0n) is 15.4. The number of sulfonamides is 1. The monoisotopic (exact) mass is 384 g/mol. The third-order valence-corrected chi connectivity index (χ3v) is 7.07. The summed E-state index contributed by atoms with van der Waals surface area (Å²) in [4.78, 5) is 0.377. The molecule has 0 saturated carbocycles. The molecule has 0 radical (unpaired) electrons. The number of rotatable bonds is 5. The molecule has 1 aliphatic heterocycles. The van der Waals surface area contributed by atoms with Crippen LogP contribution >= 0.6 is 0 Å². The Labute approximate surface area is 160 Å². The van der Waals surface area contributed by atoms with Crippen LogP contribution in [0.2, 0.25) is 0 Å². The first-order valence-electron chi connectivity index (χ1n) is 9.30. The Morgan fingerprint density at radius 2 is 1.78 bits per heavy atom. The van der Waals surface area contributed by atoms with E-state index in [0.717, 1.165) is 35.1 Å². The van der Waals surface area contributed by atoms with E-state index in [1.165, 1.54) is 0 Å². The van der Waals surface area contributed by atoms with Gasteiger partial charge >= 0.3 is 0 Å². The summed E-state index contributed by atoms with van der Waals surface area (Å²) in [6, 6.07) is 17.4. The molecule has 6 heteroatoms. The van der Waals surface area contributed by atoms with E-state index >= 15 is 0 Å². The normalized spacial score (nSPS) is 16.8. The molecule has 1 N–H and O–H groups in total. The van der Waals surface area contributed by atoms with Crippen LogP contribution in [0.4, 0.5) is 0 Å². The van der Waals surface area contributed by atoms with Crippen molar-refractivity contribution in [3.05, 3.63) is 65.9 Å². The van der Waals surface area contributed by atoms with E-state index in [2.05, 4.69) is 11.4 Å². The highest BCUT2D eigenvalue weighted by molar-refractivity contribution is 7.89. The zero-order valence-corrected chi connectivity index (χ0v) is 16.2. The van der Waals surface area contributed by atoms with Gasteiger partial charge in [-0.2, -0.15) is 4.31 Å². The van der Waals surface area contributed by atoms with E-state index in [-0.39, 0.29) is 0 Å². The molecule has 2 heterocycles. The molecule has 3 aromatic rings. The van der Waals surface area contributed by atoms with Crippen LogP contribution in [0.1, 0.15) is 24.2 Å². The highest BCUT2D eigenvalue weighted by Gasteiger charge is 2.29. The molecule has 5 nitrogen and oxygen atoms in total.